The summed E-state index contributed by atoms with van der Waals surface area (Å²) < 4.78 is 10.6. The van der Waals surface area contributed by atoms with Crippen molar-refractivity contribution in [1.29, 1.82) is 0 Å². The van der Waals surface area contributed by atoms with Gasteiger partial charge in [0.25, 0.3) is 5.91 Å². The molecule has 0 radical (unpaired) electrons. The molecule has 190 valence electrons. The number of ether oxygens (including phenoxy) is 2. The number of aromatic amines is 1. The lowest BCUT2D eigenvalue weighted by Crippen LogP contribution is -2.25. The Balaban J connectivity index is 1.53. The fourth-order valence-corrected chi connectivity index (χ4v) is 4.12. The Labute approximate surface area is 224 Å². The number of aromatic nitrogens is 2. The number of anilines is 2. The third-order valence-electron chi connectivity index (χ3n) is 5.48. The van der Waals surface area contributed by atoms with Crippen molar-refractivity contribution in [1.82, 2.24) is 10.2 Å². The van der Waals surface area contributed by atoms with Crippen LogP contribution in [-0.4, -0.2) is 42.9 Å². The van der Waals surface area contributed by atoms with E-state index in [1.165, 1.54) is 14.2 Å². The van der Waals surface area contributed by atoms with Crippen molar-refractivity contribution >= 4 is 51.5 Å². The number of H-pyrrole nitrogens is 1. The first kappa shape index (κ1) is 26.2. The maximum atomic E-state index is 12.8. The SMILES string of the molecule is COc1cc(OC)c(Cl)c(C#Cc2ccc3c(NC(=O)c4ccc(NC[C@@H](C)N)cc4)n[nH]c3c2)c1Cl. The van der Waals surface area contributed by atoms with E-state index >= 15 is 0 Å². The largest absolute Gasteiger partial charge is 0.495 e. The molecule has 0 bridgehead atoms. The van der Waals surface area contributed by atoms with Crippen molar-refractivity contribution in [3.05, 3.63) is 75.3 Å². The van der Waals surface area contributed by atoms with Crippen molar-refractivity contribution < 1.29 is 14.3 Å². The molecule has 8 nitrogen and oxygen atoms in total. The number of rotatable bonds is 7. The summed E-state index contributed by atoms with van der Waals surface area (Å²) in [4.78, 5) is 12.8. The number of nitrogens with zero attached hydrogens (tertiary/aromatic N) is 1. The molecule has 0 aliphatic rings. The second kappa shape index (κ2) is 11.4. The third-order valence-corrected chi connectivity index (χ3v) is 6.23. The van der Waals surface area contributed by atoms with E-state index in [0.717, 1.165) is 11.1 Å². The van der Waals surface area contributed by atoms with Gasteiger partial charge in [-0.3, -0.25) is 9.89 Å². The van der Waals surface area contributed by atoms with Crippen LogP contribution in [0.1, 0.15) is 28.4 Å². The predicted octanol–water partition coefficient (Wildman–Crippen LogP) is 5.30. The summed E-state index contributed by atoms with van der Waals surface area (Å²) in [5.41, 5.74) is 8.96. The van der Waals surface area contributed by atoms with Gasteiger partial charge in [0.15, 0.2) is 5.82 Å². The van der Waals surface area contributed by atoms with Gasteiger partial charge < -0.3 is 25.8 Å². The number of hydrogen-bond donors (Lipinski definition) is 4. The Kier molecular flexibility index (Phi) is 8.09. The van der Waals surface area contributed by atoms with Crippen LogP contribution in [0, 0.1) is 11.8 Å². The van der Waals surface area contributed by atoms with E-state index in [1.807, 2.05) is 37.3 Å². The Bertz CT molecular complexity index is 1480. The molecule has 1 atom stereocenters. The van der Waals surface area contributed by atoms with Crippen LogP contribution < -0.4 is 25.8 Å². The summed E-state index contributed by atoms with van der Waals surface area (Å²) in [6.45, 7) is 2.56. The van der Waals surface area contributed by atoms with Crippen LogP contribution in [0.4, 0.5) is 11.5 Å². The van der Waals surface area contributed by atoms with Gasteiger partial charge in [-0.1, -0.05) is 35.0 Å². The molecule has 5 N–H and O–H groups in total. The summed E-state index contributed by atoms with van der Waals surface area (Å²) in [7, 11) is 3.01. The van der Waals surface area contributed by atoms with Gasteiger partial charge in [0.05, 0.1) is 35.3 Å². The Hall–Kier alpha value is -3.90. The lowest BCUT2D eigenvalue weighted by atomic mass is 10.1. The number of halogens is 2. The second-order valence-corrected chi connectivity index (χ2v) is 9.01. The molecular formula is C27H25Cl2N5O3. The molecular weight excluding hydrogens is 513 g/mol. The molecule has 0 saturated heterocycles. The lowest BCUT2D eigenvalue weighted by Gasteiger charge is -2.10. The van der Waals surface area contributed by atoms with Crippen molar-refractivity contribution in [3.8, 4) is 23.3 Å². The number of nitrogens with two attached hydrogens (primary N) is 1. The highest BCUT2D eigenvalue weighted by atomic mass is 35.5. The molecule has 4 aromatic rings. The van der Waals surface area contributed by atoms with Gasteiger partial charge in [-0.15, -0.1) is 0 Å². The van der Waals surface area contributed by atoms with E-state index in [-0.39, 0.29) is 11.9 Å². The molecule has 0 fully saturated rings. The summed E-state index contributed by atoms with van der Waals surface area (Å²) in [6, 6.07) is 14.3. The normalized spacial score (nSPS) is 11.4. The van der Waals surface area contributed by atoms with Crippen molar-refractivity contribution in [2.24, 2.45) is 5.73 Å². The number of amides is 1. The first-order valence-corrected chi connectivity index (χ1v) is 12.1. The minimum absolute atomic E-state index is 0.0309. The van der Waals surface area contributed by atoms with Crippen molar-refractivity contribution in [2.45, 2.75) is 13.0 Å². The van der Waals surface area contributed by atoms with Crippen LogP contribution >= 0.6 is 23.2 Å². The highest BCUT2D eigenvalue weighted by Crippen LogP contribution is 2.39. The van der Waals surface area contributed by atoms with E-state index < -0.39 is 0 Å². The standard InChI is InChI=1S/C27H25Cl2N5O3/c1-15(30)14-31-18-8-6-17(7-9-18)27(35)32-26-19-10-4-16(12-21(19)33-34-26)5-11-20-24(28)22(36-2)13-23(37-3)25(20)29/h4,6-10,12-13,15,31H,14,30H2,1-3H3,(H2,32,33,34,35)/t15-/m1/s1. The number of hydrogen-bond acceptors (Lipinski definition) is 6. The topological polar surface area (TPSA) is 114 Å². The zero-order valence-corrected chi connectivity index (χ0v) is 21.9. The minimum atomic E-state index is -0.271. The average Bonchev–Trinajstić information content (AvgIpc) is 3.29. The summed E-state index contributed by atoms with van der Waals surface area (Å²) in [5.74, 6) is 7.03. The van der Waals surface area contributed by atoms with E-state index in [1.54, 1.807) is 18.2 Å². The molecule has 4 rings (SSSR count). The maximum absolute atomic E-state index is 12.8. The maximum Gasteiger partial charge on any atom is 0.256 e. The predicted molar refractivity (Wildman–Crippen MR) is 148 cm³/mol. The summed E-state index contributed by atoms with van der Waals surface area (Å²) in [6.07, 6.45) is 0. The van der Waals surface area contributed by atoms with Crippen LogP contribution in [0.15, 0.2) is 48.5 Å². The monoisotopic (exact) mass is 537 g/mol. The smallest absolute Gasteiger partial charge is 0.256 e. The van der Waals surface area contributed by atoms with E-state index in [0.29, 0.717) is 56.1 Å². The van der Waals surface area contributed by atoms with E-state index in [9.17, 15) is 4.79 Å². The van der Waals surface area contributed by atoms with Crippen LogP contribution in [0.3, 0.4) is 0 Å². The number of methoxy groups -OCH3 is 2. The first-order chi connectivity index (χ1) is 17.8. The minimum Gasteiger partial charge on any atom is -0.495 e. The summed E-state index contributed by atoms with van der Waals surface area (Å²) in [5, 5.41) is 14.6. The number of carbonyl (C=O) groups excluding carboxylic acids is 1. The van der Waals surface area contributed by atoms with Crippen molar-refractivity contribution in [2.75, 3.05) is 31.4 Å². The highest BCUT2D eigenvalue weighted by Gasteiger charge is 2.16. The zero-order valence-electron chi connectivity index (χ0n) is 20.4. The third kappa shape index (κ3) is 5.92. The molecule has 0 spiro atoms. The number of benzene rings is 3. The molecule has 10 heteroatoms. The van der Waals surface area contributed by atoms with Gasteiger partial charge in [-0.05, 0) is 49.4 Å². The lowest BCUT2D eigenvalue weighted by molar-refractivity contribution is 0.102. The molecule has 0 aliphatic carbocycles. The molecule has 1 heterocycles. The molecule has 0 saturated carbocycles. The number of carbonyl (C=O) groups is 1. The number of nitrogens with one attached hydrogen (secondary N) is 3. The average molecular weight is 538 g/mol. The molecule has 1 aromatic heterocycles. The molecule has 37 heavy (non-hydrogen) atoms. The van der Waals surface area contributed by atoms with Gasteiger partial charge in [0.2, 0.25) is 0 Å². The summed E-state index contributed by atoms with van der Waals surface area (Å²) >= 11 is 12.8. The van der Waals surface area contributed by atoms with E-state index in [4.69, 9.17) is 38.4 Å². The molecule has 1 amide bonds. The molecule has 0 aliphatic heterocycles. The van der Waals surface area contributed by atoms with Gasteiger partial charge in [0.1, 0.15) is 11.5 Å². The molecule has 3 aromatic carbocycles. The first-order valence-electron chi connectivity index (χ1n) is 11.3. The van der Waals surface area contributed by atoms with Gasteiger partial charge in [-0.2, -0.15) is 5.10 Å². The van der Waals surface area contributed by atoms with Gasteiger partial charge in [0, 0.05) is 40.9 Å². The van der Waals surface area contributed by atoms with Crippen LogP contribution in [-0.2, 0) is 0 Å². The van der Waals surface area contributed by atoms with Crippen molar-refractivity contribution in [3.63, 3.8) is 0 Å². The van der Waals surface area contributed by atoms with Gasteiger partial charge >= 0.3 is 0 Å². The quantitative estimate of drug-likeness (QED) is 0.238. The second-order valence-electron chi connectivity index (χ2n) is 8.26. The number of fused-ring (bicyclic) bond motifs is 1. The van der Waals surface area contributed by atoms with Crippen LogP contribution in [0.25, 0.3) is 10.9 Å². The highest BCUT2D eigenvalue weighted by molar-refractivity contribution is 6.38. The Morgan fingerprint density at radius 2 is 1.73 bits per heavy atom. The fraction of sp³-hybridized carbons (Fsp3) is 0.185. The Morgan fingerprint density at radius 1 is 1.05 bits per heavy atom. The fourth-order valence-electron chi connectivity index (χ4n) is 3.52. The Morgan fingerprint density at radius 3 is 2.35 bits per heavy atom. The van der Waals surface area contributed by atoms with Gasteiger partial charge in [-0.25, -0.2) is 0 Å². The van der Waals surface area contributed by atoms with E-state index in [2.05, 4.69) is 32.7 Å². The van der Waals surface area contributed by atoms with Crippen LogP contribution in [0.2, 0.25) is 10.0 Å². The molecule has 0 unspecified atom stereocenters. The zero-order chi connectivity index (χ0) is 26.5. The van der Waals surface area contributed by atoms with Crippen LogP contribution in [0.5, 0.6) is 11.5 Å².